The summed E-state index contributed by atoms with van der Waals surface area (Å²) in [7, 11) is 0. The molecule has 1 heterocycles. The molecule has 1 atom stereocenters. The lowest BCUT2D eigenvalue weighted by atomic mass is 10.0. The molecule has 1 aliphatic carbocycles. The minimum absolute atomic E-state index is 0.591. The summed E-state index contributed by atoms with van der Waals surface area (Å²) in [5, 5.41) is 0. The third kappa shape index (κ3) is 1.11. The molecule has 1 nitrogen and oxygen atoms in total. The smallest absolute Gasteiger partial charge is 0.0670 e. The summed E-state index contributed by atoms with van der Waals surface area (Å²) >= 11 is 2.41. The van der Waals surface area contributed by atoms with Crippen LogP contribution in [0.25, 0.3) is 0 Å². The van der Waals surface area contributed by atoms with E-state index in [1.807, 2.05) is 0 Å². The molecule has 0 bridgehead atoms. The van der Waals surface area contributed by atoms with Crippen LogP contribution in [-0.2, 0) is 4.74 Å². The molecule has 0 aromatic rings. The molecule has 0 radical (unpaired) electrons. The largest absolute Gasteiger partial charge is 0.377 e. The van der Waals surface area contributed by atoms with E-state index in [0.29, 0.717) is 11.5 Å². The van der Waals surface area contributed by atoms with Crippen LogP contribution in [0.15, 0.2) is 0 Å². The van der Waals surface area contributed by atoms with Crippen molar-refractivity contribution in [3.05, 3.63) is 0 Å². The van der Waals surface area contributed by atoms with Gasteiger partial charge in [0, 0.05) is 4.43 Å². The second-order valence-corrected chi connectivity index (χ2v) is 4.17. The summed E-state index contributed by atoms with van der Waals surface area (Å²) in [5.74, 6) is 0. The van der Waals surface area contributed by atoms with Crippen LogP contribution in [0.4, 0.5) is 0 Å². The van der Waals surface area contributed by atoms with Crippen molar-refractivity contribution in [2.24, 2.45) is 5.41 Å². The zero-order chi connectivity index (χ0) is 6.32. The van der Waals surface area contributed by atoms with Gasteiger partial charge in [0.15, 0.2) is 0 Å². The van der Waals surface area contributed by atoms with Crippen LogP contribution in [0.5, 0.6) is 0 Å². The fourth-order valence-electron chi connectivity index (χ4n) is 1.52. The second kappa shape index (κ2) is 2.09. The molecule has 1 saturated carbocycles. The van der Waals surface area contributed by atoms with Crippen LogP contribution in [0, 0.1) is 5.41 Å². The van der Waals surface area contributed by atoms with Gasteiger partial charge in [0.1, 0.15) is 0 Å². The van der Waals surface area contributed by atoms with Crippen LogP contribution in [0.1, 0.15) is 19.3 Å². The van der Waals surface area contributed by atoms with Crippen LogP contribution < -0.4 is 0 Å². The molecule has 2 aliphatic rings. The number of hydrogen-bond donors (Lipinski definition) is 0. The summed E-state index contributed by atoms with van der Waals surface area (Å²) in [6.07, 6.45) is 4.80. The highest BCUT2D eigenvalue weighted by Gasteiger charge is 2.48. The average molecular weight is 238 g/mol. The lowest BCUT2D eigenvalue weighted by molar-refractivity contribution is 0.123. The molecule has 0 N–H and O–H groups in total. The van der Waals surface area contributed by atoms with E-state index in [4.69, 9.17) is 4.74 Å². The minimum atomic E-state index is 0.591. The highest BCUT2D eigenvalue weighted by atomic mass is 127. The molecule has 1 unspecified atom stereocenters. The molecular weight excluding hydrogens is 227 g/mol. The fourth-order valence-corrected chi connectivity index (χ4v) is 2.09. The highest BCUT2D eigenvalue weighted by Crippen LogP contribution is 2.53. The van der Waals surface area contributed by atoms with E-state index < -0.39 is 0 Å². The highest BCUT2D eigenvalue weighted by molar-refractivity contribution is 14.1. The Hall–Kier alpha value is 0.690. The van der Waals surface area contributed by atoms with Crippen LogP contribution in [-0.4, -0.2) is 17.1 Å². The van der Waals surface area contributed by atoms with Crippen molar-refractivity contribution in [3.63, 3.8) is 0 Å². The molecule has 2 rings (SSSR count). The molecule has 1 spiro atoms. The first kappa shape index (κ1) is 6.40. The zero-order valence-corrected chi connectivity index (χ0v) is 7.56. The Morgan fingerprint density at radius 2 is 2.33 bits per heavy atom. The molecule has 0 aromatic carbocycles. The zero-order valence-electron chi connectivity index (χ0n) is 5.40. The van der Waals surface area contributed by atoms with Gasteiger partial charge in [-0.15, -0.1) is 0 Å². The van der Waals surface area contributed by atoms with Gasteiger partial charge in [-0.05, 0) is 24.7 Å². The molecule has 2 heteroatoms. The van der Waals surface area contributed by atoms with Crippen molar-refractivity contribution >= 4 is 22.6 Å². The monoisotopic (exact) mass is 238 g/mol. The van der Waals surface area contributed by atoms with Crippen molar-refractivity contribution in [2.45, 2.75) is 25.4 Å². The Bertz CT molecular complexity index is 120. The Labute approximate surface area is 69.3 Å². The predicted octanol–water partition coefficient (Wildman–Crippen LogP) is 1.99. The fraction of sp³-hybridized carbons (Fsp3) is 1.00. The quantitative estimate of drug-likeness (QED) is 0.501. The standard InChI is InChI=1S/C7H11IO/c8-4-6-3-7(1-2-7)5-9-6/h6H,1-5H2. The topological polar surface area (TPSA) is 9.23 Å². The second-order valence-electron chi connectivity index (χ2n) is 3.29. The third-order valence-electron chi connectivity index (χ3n) is 2.42. The molecule has 1 aliphatic heterocycles. The number of alkyl halides is 1. The predicted molar refractivity (Wildman–Crippen MR) is 44.9 cm³/mol. The molecule has 9 heavy (non-hydrogen) atoms. The molecular formula is C7H11IO. The van der Waals surface area contributed by atoms with Crippen molar-refractivity contribution in [1.29, 1.82) is 0 Å². The van der Waals surface area contributed by atoms with Crippen molar-refractivity contribution in [3.8, 4) is 0 Å². The average Bonchev–Trinajstić information content (AvgIpc) is 2.44. The molecule has 2 fully saturated rings. The first-order chi connectivity index (χ1) is 4.35. The summed E-state index contributed by atoms with van der Waals surface area (Å²) in [6.45, 7) is 1.06. The van der Waals surface area contributed by atoms with Gasteiger partial charge >= 0.3 is 0 Å². The van der Waals surface area contributed by atoms with Crippen LogP contribution >= 0.6 is 22.6 Å². The summed E-state index contributed by atoms with van der Waals surface area (Å²) in [5.41, 5.74) is 0.690. The lowest BCUT2D eigenvalue weighted by Gasteiger charge is -2.01. The van der Waals surface area contributed by atoms with Crippen molar-refractivity contribution in [2.75, 3.05) is 11.0 Å². The number of hydrogen-bond acceptors (Lipinski definition) is 1. The Kier molecular flexibility index (Phi) is 1.49. The van der Waals surface area contributed by atoms with E-state index in [-0.39, 0.29) is 0 Å². The van der Waals surface area contributed by atoms with Gasteiger partial charge in [-0.1, -0.05) is 22.6 Å². The third-order valence-corrected chi connectivity index (χ3v) is 3.40. The van der Waals surface area contributed by atoms with E-state index in [1.165, 1.54) is 23.7 Å². The van der Waals surface area contributed by atoms with Crippen molar-refractivity contribution in [1.82, 2.24) is 0 Å². The number of halogens is 1. The molecule has 0 amide bonds. The maximum Gasteiger partial charge on any atom is 0.0670 e. The van der Waals surface area contributed by atoms with Gasteiger partial charge in [-0.25, -0.2) is 0 Å². The SMILES string of the molecule is ICC1CC2(CC2)CO1. The maximum atomic E-state index is 5.57. The molecule has 0 aromatic heterocycles. The Morgan fingerprint density at radius 1 is 1.56 bits per heavy atom. The Morgan fingerprint density at radius 3 is 2.67 bits per heavy atom. The first-order valence-electron chi connectivity index (χ1n) is 3.52. The Balaban J connectivity index is 1.93. The summed E-state index contributed by atoms with van der Waals surface area (Å²) in [4.78, 5) is 0. The van der Waals surface area contributed by atoms with E-state index in [0.717, 1.165) is 6.61 Å². The van der Waals surface area contributed by atoms with Gasteiger partial charge in [-0.3, -0.25) is 0 Å². The van der Waals surface area contributed by atoms with Gasteiger partial charge in [0.25, 0.3) is 0 Å². The minimum Gasteiger partial charge on any atom is -0.377 e. The van der Waals surface area contributed by atoms with Crippen molar-refractivity contribution < 1.29 is 4.74 Å². The summed E-state index contributed by atoms with van der Waals surface area (Å²) in [6, 6.07) is 0. The van der Waals surface area contributed by atoms with Crippen LogP contribution in [0.2, 0.25) is 0 Å². The first-order valence-corrected chi connectivity index (χ1v) is 5.05. The number of rotatable bonds is 1. The van der Waals surface area contributed by atoms with E-state index in [1.54, 1.807) is 0 Å². The lowest BCUT2D eigenvalue weighted by Crippen LogP contribution is -2.05. The maximum absolute atomic E-state index is 5.57. The molecule has 52 valence electrons. The molecule has 1 saturated heterocycles. The summed E-state index contributed by atoms with van der Waals surface area (Å²) < 4.78 is 6.75. The van der Waals surface area contributed by atoms with Crippen LogP contribution in [0.3, 0.4) is 0 Å². The van der Waals surface area contributed by atoms with E-state index in [9.17, 15) is 0 Å². The van der Waals surface area contributed by atoms with Gasteiger partial charge in [0.2, 0.25) is 0 Å². The van der Waals surface area contributed by atoms with Gasteiger partial charge in [-0.2, -0.15) is 0 Å². The van der Waals surface area contributed by atoms with E-state index >= 15 is 0 Å². The normalized spacial score (nSPS) is 37.7. The van der Waals surface area contributed by atoms with Gasteiger partial charge in [0.05, 0.1) is 12.7 Å². The van der Waals surface area contributed by atoms with E-state index in [2.05, 4.69) is 22.6 Å². The van der Waals surface area contributed by atoms with Gasteiger partial charge < -0.3 is 4.74 Å². The number of ether oxygens (including phenoxy) is 1.